The molecule has 2 heterocycles. The number of alkyl halides is 3. The summed E-state index contributed by atoms with van der Waals surface area (Å²) in [6.45, 7) is 0. The zero-order chi connectivity index (χ0) is 14.5. The van der Waals surface area contributed by atoms with E-state index < -0.39 is 18.5 Å². The van der Waals surface area contributed by atoms with Crippen LogP contribution in [0, 0.1) is 0 Å². The van der Waals surface area contributed by atoms with Crippen LogP contribution in [0.5, 0.6) is 0 Å². The Hall–Kier alpha value is -1.30. The third-order valence-electron chi connectivity index (χ3n) is 3.64. The van der Waals surface area contributed by atoms with Crippen molar-refractivity contribution in [1.82, 2.24) is 4.57 Å². The van der Waals surface area contributed by atoms with E-state index in [0.29, 0.717) is 11.2 Å². The Kier molecular flexibility index (Phi) is 3.16. The minimum absolute atomic E-state index is 0.129. The molecule has 6 heteroatoms. The van der Waals surface area contributed by atoms with Crippen molar-refractivity contribution in [2.75, 3.05) is 0 Å². The number of benzene rings is 1. The number of nitrogens with zero attached hydrogens (tertiary/aromatic N) is 1. The van der Waals surface area contributed by atoms with Gasteiger partial charge in [0.1, 0.15) is 0 Å². The number of carbonyl (C=O) groups is 1. The van der Waals surface area contributed by atoms with Gasteiger partial charge in [-0.05, 0) is 30.7 Å². The van der Waals surface area contributed by atoms with E-state index in [9.17, 15) is 18.0 Å². The monoisotopic (exact) mass is 345 g/mol. The van der Waals surface area contributed by atoms with Crippen LogP contribution in [0.25, 0.3) is 10.9 Å². The fourth-order valence-corrected chi connectivity index (χ4v) is 3.21. The zero-order valence-corrected chi connectivity index (χ0v) is 12.0. The van der Waals surface area contributed by atoms with Crippen molar-refractivity contribution < 1.29 is 18.0 Å². The molecule has 0 saturated heterocycles. The van der Waals surface area contributed by atoms with Gasteiger partial charge in [0.25, 0.3) is 0 Å². The molecule has 0 aliphatic carbocycles. The summed E-state index contributed by atoms with van der Waals surface area (Å²) >= 11 is 3.33. The third kappa shape index (κ3) is 2.37. The maximum atomic E-state index is 12.6. The molecule has 3 rings (SSSR count). The summed E-state index contributed by atoms with van der Waals surface area (Å²) in [6, 6.07) is 7.07. The molecule has 0 radical (unpaired) electrons. The van der Waals surface area contributed by atoms with Gasteiger partial charge in [0.05, 0.1) is 11.9 Å². The maximum Gasteiger partial charge on any atom is 0.389 e. The molecule has 0 bridgehead atoms. The smallest absolute Gasteiger partial charge is 0.284 e. The van der Waals surface area contributed by atoms with Gasteiger partial charge in [-0.3, -0.25) is 9.36 Å². The Labute approximate surface area is 121 Å². The first-order valence-electron chi connectivity index (χ1n) is 6.26. The average Bonchev–Trinajstić information content (AvgIpc) is 2.70. The number of fused-ring (bicyclic) bond motifs is 3. The molecular weight excluding hydrogens is 335 g/mol. The predicted molar refractivity (Wildman–Crippen MR) is 72.9 cm³/mol. The highest BCUT2D eigenvalue weighted by Crippen LogP contribution is 2.40. The summed E-state index contributed by atoms with van der Waals surface area (Å²) in [4.78, 5) is 12.0. The second-order valence-electron chi connectivity index (χ2n) is 5.06. The number of hydrogen-bond donors (Lipinski definition) is 0. The zero-order valence-electron chi connectivity index (χ0n) is 10.4. The molecule has 1 unspecified atom stereocenters. The van der Waals surface area contributed by atoms with Gasteiger partial charge in [0.15, 0.2) is 0 Å². The van der Waals surface area contributed by atoms with Crippen molar-refractivity contribution in [3.8, 4) is 0 Å². The molecule has 1 aromatic carbocycles. The highest BCUT2D eigenvalue weighted by atomic mass is 79.9. The highest BCUT2D eigenvalue weighted by molar-refractivity contribution is 9.10. The Bertz CT molecular complexity index is 690. The van der Waals surface area contributed by atoms with E-state index in [0.717, 1.165) is 9.86 Å². The minimum atomic E-state index is -4.22. The van der Waals surface area contributed by atoms with E-state index >= 15 is 0 Å². The van der Waals surface area contributed by atoms with Gasteiger partial charge in [0, 0.05) is 27.9 Å². The molecule has 0 N–H and O–H groups in total. The van der Waals surface area contributed by atoms with E-state index in [1.165, 1.54) is 4.57 Å². The first kappa shape index (κ1) is 13.7. The normalized spacial score (nSPS) is 19.4. The van der Waals surface area contributed by atoms with Gasteiger partial charge < -0.3 is 0 Å². The van der Waals surface area contributed by atoms with Gasteiger partial charge in [-0.2, -0.15) is 13.2 Å². The van der Waals surface area contributed by atoms with Crippen LogP contribution >= 0.6 is 15.9 Å². The standard InChI is InChI=1S/C14H11BrF3NO/c15-10-2-3-11-9(5-10)6-12-8(7-14(16,17)18)1-4-13(20)19(11)12/h2-3,5-6,8H,1,4,7H2. The number of aromatic nitrogens is 1. The molecule has 1 aliphatic heterocycles. The molecule has 2 aromatic rings. The lowest BCUT2D eigenvalue weighted by Gasteiger charge is -2.25. The molecule has 0 fully saturated rings. The molecule has 106 valence electrons. The Balaban J connectivity index is 2.14. The van der Waals surface area contributed by atoms with Gasteiger partial charge in [-0.15, -0.1) is 0 Å². The van der Waals surface area contributed by atoms with E-state index in [1.54, 1.807) is 18.2 Å². The number of carbonyl (C=O) groups excluding carboxylic acids is 1. The van der Waals surface area contributed by atoms with Gasteiger partial charge in [0.2, 0.25) is 5.91 Å². The maximum absolute atomic E-state index is 12.6. The molecule has 0 saturated carbocycles. The molecule has 20 heavy (non-hydrogen) atoms. The van der Waals surface area contributed by atoms with Crippen LogP contribution in [0.3, 0.4) is 0 Å². The van der Waals surface area contributed by atoms with Crippen molar-refractivity contribution in [2.24, 2.45) is 0 Å². The van der Waals surface area contributed by atoms with Crippen LogP contribution < -0.4 is 0 Å². The third-order valence-corrected chi connectivity index (χ3v) is 4.14. The SMILES string of the molecule is O=C1CCC(CC(F)(F)F)c2cc3cc(Br)ccc3n21. The van der Waals surface area contributed by atoms with E-state index in [-0.39, 0.29) is 18.7 Å². The van der Waals surface area contributed by atoms with E-state index in [1.807, 2.05) is 6.07 Å². The van der Waals surface area contributed by atoms with Crippen molar-refractivity contribution in [1.29, 1.82) is 0 Å². The second-order valence-corrected chi connectivity index (χ2v) is 5.97. The van der Waals surface area contributed by atoms with E-state index in [4.69, 9.17) is 0 Å². The Morgan fingerprint density at radius 3 is 2.75 bits per heavy atom. The Morgan fingerprint density at radius 1 is 1.30 bits per heavy atom. The van der Waals surface area contributed by atoms with Crippen LogP contribution in [0.15, 0.2) is 28.7 Å². The van der Waals surface area contributed by atoms with Gasteiger partial charge >= 0.3 is 6.18 Å². The summed E-state index contributed by atoms with van der Waals surface area (Å²) in [7, 11) is 0. The first-order chi connectivity index (χ1) is 9.35. The van der Waals surface area contributed by atoms with Crippen LogP contribution in [0.2, 0.25) is 0 Å². The van der Waals surface area contributed by atoms with Gasteiger partial charge in [-0.25, -0.2) is 0 Å². The first-order valence-corrected chi connectivity index (χ1v) is 7.05. The van der Waals surface area contributed by atoms with Crippen LogP contribution in [-0.2, 0) is 0 Å². The molecule has 1 aromatic heterocycles. The van der Waals surface area contributed by atoms with Crippen LogP contribution in [0.1, 0.15) is 35.7 Å². The molecular formula is C14H11BrF3NO. The fourth-order valence-electron chi connectivity index (χ4n) is 2.83. The predicted octanol–water partition coefficient (Wildman–Crippen LogP) is 4.87. The van der Waals surface area contributed by atoms with Crippen LogP contribution in [0.4, 0.5) is 13.2 Å². The topological polar surface area (TPSA) is 22.0 Å². The fraction of sp³-hybridized carbons (Fsp3) is 0.357. The minimum Gasteiger partial charge on any atom is -0.284 e. The summed E-state index contributed by atoms with van der Waals surface area (Å²) in [5.74, 6) is -0.769. The summed E-state index contributed by atoms with van der Waals surface area (Å²) in [6.07, 6.45) is -4.67. The largest absolute Gasteiger partial charge is 0.389 e. The number of halogens is 4. The van der Waals surface area contributed by atoms with E-state index in [2.05, 4.69) is 15.9 Å². The average molecular weight is 346 g/mol. The number of rotatable bonds is 1. The number of hydrogen-bond acceptors (Lipinski definition) is 1. The Morgan fingerprint density at radius 2 is 2.05 bits per heavy atom. The lowest BCUT2D eigenvalue weighted by atomic mass is 9.92. The lowest BCUT2D eigenvalue weighted by Crippen LogP contribution is -2.25. The van der Waals surface area contributed by atoms with Crippen molar-refractivity contribution in [3.63, 3.8) is 0 Å². The second kappa shape index (κ2) is 4.62. The quantitative estimate of drug-likeness (QED) is 0.722. The summed E-state index contributed by atoms with van der Waals surface area (Å²) < 4.78 is 40.2. The lowest BCUT2D eigenvalue weighted by molar-refractivity contribution is -0.139. The summed E-state index contributed by atoms with van der Waals surface area (Å²) in [5.41, 5.74) is 1.16. The van der Waals surface area contributed by atoms with Crippen molar-refractivity contribution >= 4 is 32.7 Å². The molecule has 2 nitrogen and oxygen atoms in total. The molecule has 0 spiro atoms. The molecule has 0 amide bonds. The van der Waals surface area contributed by atoms with Crippen molar-refractivity contribution in [2.45, 2.75) is 31.4 Å². The molecule has 1 aliphatic rings. The summed E-state index contributed by atoms with van der Waals surface area (Å²) in [5, 5.41) is 0.789. The van der Waals surface area contributed by atoms with Crippen molar-refractivity contribution in [3.05, 3.63) is 34.4 Å². The highest BCUT2D eigenvalue weighted by Gasteiger charge is 2.37. The van der Waals surface area contributed by atoms with Crippen LogP contribution in [-0.4, -0.2) is 16.7 Å². The van der Waals surface area contributed by atoms with Gasteiger partial charge in [-0.1, -0.05) is 15.9 Å². The molecule has 1 atom stereocenters.